The van der Waals surface area contributed by atoms with Crippen molar-refractivity contribution in [2.45, 2.75) is 20.3 Å². The van der Waals surface area contributed by atoms with Crippen LogP contribution >= 0.6 is 0 Å². The molecular formula is C7H8F2O2. The van der Waals surface area contributed by atoms with Crippen molar-refractivity contribution >= 4 is 5.97 Å². The first-order valence-electron chi connectivity index (χ1n) is 2.90. The van der Waals surface area contributed by atoms with Crippen LogP contribution in [-0.2, 0) is 4.79 Å². The van der Waals surface area contributed by atoms with Crippen molar-refractivity contribution in [3.05, 3.63) is 0 Å². The number of halogens is 2. The zero-order valence-corrected chi connectivity index (χ0v) is 6.19. The van der Waals surface area contributed by atoms with Gasteiger partial charge >= 0.3 is 5.97 Å². The Labute approximate surface area is 63.2 Å². The van der Waals surface area contributed by atoms with E-state index in [4.69, 9.17) is 5.11 Å². The Morgan fingerprint density at radius 1 is 1.55 bits per heavy atom. The number of alkyl halides is 2. The summed E-state index contributed by atoms with van der Waals surface area (Å²) in [6, 6.07) is 0. The summed E-state index contributed by atoms with van der Waals surface area (Å²) >= 11 is 0. The second-order valence-electron chi connectivity index (χ2n) is 2.58. The summed E-state index contributed by atoms with van der Waals surface area (Å²) in [6.45, 7) is 2.38. The van der Waals surface area contributed by atoms with Crippen LogP contribution in [-0.4, -0.2) is 17.5 Å². The quantitative estimate of drug-likeness (QED) is 0.591. The van der Waals surface area contributed by atoms with Crippen LogP contribution in [0, 0.1) is 17.3 Å². The van der Waals surface area contributed by atoms with Gasteiger partial charge in [-0.2, -0.15) is 0 Å². The first kappa shape index (κ1) is 9.89. The van der Waals surface area contributed by atoms with E-state index >= 15 is 0 Å². The average Bonchev–Trinajstić information content (AvgIpc) is 1.84. The minimum Gasteiger partial charge on any atom is -0.472 e. The Hall–Kier alpha value is -1.11. The van der Waals surface area contributed by atoms with Crippen LogP contribution in [0.5, 0.6) is 0 Å². The Morgan fingerprint density at radius 2 is 2.00 bits per heavy atom. The number of hydrogen-bond donors (Lipinski definition) is 1. The second kappa shape index (κ2) is 3.33. The molecule has 0 saturated carbocycles. The third-order valence-corrected chi connectivity index (χ3v) is 1.04. The topological polar surface area (TPSA) is 37.3 Å². The molecule has 0 saturated heterocycles. The lowest BCUT2D eigenvalue weighted by Gasteiger charge is -2.14. The van der Waals surface area contributed by atoms with Crippen molar-refractivity contribution in [2.24, 2.45) is 5.41 Å². The Kier molecular flexibility index (Phi) is 2.99. The molecule has 0 aromatic heterocycles. The molecule has 0 aliphatic carbocycles. The highest BCUT2D eigenvalue weighted by molar-refractivity contribution is 5.86. The van der Waals surface area contributed by atoms with Crippen molar-refractivity contribution in [3.8, 4) is 11.8 Å². The molecule has 62 valence electrons. The third-order valence-electron chi connectivity index (χ3n) is 1.04. The van der Waals surface area contributed by atoms with Crippen LogP contribution in [0.4, 0.5) is 8.78 Å². The number of hydrogen-bond acceptors (Lipinski definition) is 1. The molecule has 1 N–H and O–H groups in total. The smallest absolute Gasteiger partial charge is 0.381 e. The minimum absolute atomic E-state index is 1.19. The Balaban J connectivity index is 4.38. The summed E-state index contributed by atoms with van der Waals surface area (Å²) in [6.07, 6.45) is -2.63. The zero-order chi connectivity index (χ0) is 9.07. The molecule has 0 rings (SSSR count). The molecule has 11 heavy (non-hydrogen) atoms. The number of rotatable bonds is 1. The first-order valence-corrected chi connectivity index (χ1v) is 2.90. The second-order valence-corrected chi connectivity index (χ2v) is 2.58. The van der Waals surface area contributed by atoms with Crippen molar-refractivity contribution in [1.29, 1.82) is 0 Å². The highest BCUT2D eigenvalue weighted by Crippen LogP contribution is 2.22. The highest BCUT2D eigenvalue weighted by Gasteiger charge is 2.27. The lowest BCUT2D eigenvalue weighted by molar-refractivity contribution is -0.130. The van der Waals surface area contributed by atoms with Gasteiger partial charge in [-0.3, -0.25) is 0 Å². The maximum atomic E-state index is 12.0. The predicted octanol–water partition coefficient (Wildman–Crippen LogP) is 1.37. The van der Waals surface area contributed by atoms with E-state index in [2.05, 4.69) is 0 Å². The summed E-state index contributed by atoms with van der Waals surface area (Å²) < 4.78 is 23.9. The van der Waals surface area contributed by atoms with Gasteiger partial charge in [0.1, 0.15) is 0 Å². The van der Waals surface area contributed by atoms with E-state index in [0.29, 0.717) is 0 Å². The molecule has 0 spiro atoms. The van der Waals surface area contributed by atoms with E-state index in [9.17, 15) is 13.6 Å². The van der Waals surface area contributed by atoms with Crippen molar-refractivity contribution < 1.29 is 18.7 Å². The molecule has 0 aliphatic rings. The number of carboxylic acids is 1. The van der Waals surface area contributed by atoms with Gasteiger partial charge in [0.25, 0.3) is 6.43 Å². The fraction of sp³-hybridized carbons (Fsp3) is 0.571. The van der Waals surface area contributed by atoms with E-state index in [0.717, 1.165) is 0 Å². The summed E-state index contributed by atoms with van der Waals surface area (Å²) in [5.41, 5.74) is -1.54. The molecule has 2 nitrogen and oxygen atoms in total. The van der Waals surface area contributed by atoms with Crippen LogP contribution in [0.3, 0.4) is 0 Å². The summed E-state index contributed by atoms with van der Waals surface area (Å²) in [4.78, 5) is 9.85. The monoisotopic (exact) mass is 162 g/mol. The molecule has 0 heterocycles. The van der Waals surface area contributed by atoms with Crippen molar-refractivity contribution in [2.75, 3.05) is 0 Å². The van der Waals surface area contributed by atoms with E-state index in [-0.39, 0.29) is 0 Å². The molecule has 0 radical (unpaired) electrons. The van der Waals surface area contributed by atoms with Crippen LogP contribution in [0.2, 0.25) is 0 Å². The Bertz CT molecular complexity index is 210. The van der Waals surface area contributed by atoms with E-state index < -0.39 is 17.8 Å². The van der Waals surface area contributed by atoms with Gasteiger partial charge in [0.2, 0.25) is 0 Å². The number of aliphatic carboxylic acids is 1. The van der Waals surface area contributed by atoms with Crippen LogP contribution < -0.4 is 0 Å². The SMILES string of the molecule is CC(C)(C#CC(=O)O)C(F)F. The molecule has 0 atom stereocenters. The molecule has 0 unspecified atom stereocenters. The molecule has 0 aromatic rings. The van der Waals surface area contributed by atoms with Crippen LogP contribution in [0.15, 0.2) is 0 Å². The average molecular weight is 162 g/mol. The lowest BCUT2D eigenvalue weighted by Crippen LogP contribution is -2.19. The van der Waals surface area contributed by atoms with Gasteiger partial charge in [-0.25, -0.2) is 13.6 Å². The lowest BCUT2D eigenvalue weighted by atomic mass is 9.95. The maximum absolute atomic E-state index is 12.0. The first-order chi connectivity index (χ1) is 4.86. The fourth-order valence-corrected chi connectivity index (χ4v) is 0.269. The largest absolute Gasteiger partial charge is 0.472 e. The van der Waals surface area contributed by atoms with Crippen molar-refractivity contribution in [3.63, 3.8) is 0 Å². The van der Waals surface area contributed by atoms with Gasteiger partial charge in [-0.05, 0) is 13.8 Å². The molecule has 0 aromatic carbocycles. The van der Waals surface area contributed by atoms with E-state index in [1.165, 1.54) is 13.8 Å². The molecule has 0 amide bonds. The Morgan fingerprint density at radius 3 is 2.27 bits per heavy atom. The van der Waals surface area contributed by atoms with Gasteiger partial charge in [0, 0.05) is 5.92 Å². The number of carboxylic acid groups (broad SMARTS) is 1. The predicted molar refractivity (Wildman–Crippen MR) is 35.2 cm³/mol. The number of carbonyl (C=O) groups is 1. The van der Waals surface area contributed by atoms with Gasteiger partial charge in [-0.15, -0.1) is 0 Å². The van der Waals surface area contributed by atoms with Crippen molar-refractivity contribution in [1.82, 2.24) is 0 Å². The maximum Gasteiger partial charge on any atom is 0.381 e. The van der Waals surface area contributed by atoms with Gasteiger partial charge in [0.15, 0.2) is 0 Å². The van der Waals surface area contributed by atoms with Crippen LogP contribution in [0.1, 0.15) is 13.8 Å². The highest BCUT2D eigenvalue weighted by atomic mass is 19.3. The summed E-state index contributed by atoms with van der Waals surface area (Å²) in [5.74, 6) is 2.22. The summed E-state index contributed by atoms with van der Waals surface area (Å²) in [5, 5.41) is 8.04. The third kappa shape index (κ3) is 3.56. The zero-order valence-electron chi connectivity index (χ0n) is 6.19. The van der Waals surface area contributed by atoms with Gasteiger partial charge in [0.05, 0.1) is 5.41 Å². The van der Waals surface area contributed by atoms with E-state index in [1.807, 2.05) is 5.92 Å². The summed E-state index contributed by atoms with van der Waals surface area (Å²) in [7, 11) is 0. The fourth-order valence-electron chi connectivity index (χ4n) is 0.269. The van der Waals surface area contributed by atoms with Crippen LogP contribution in [0.25, 0.3) is 0 Å². The van der Waals surface area contributed by atoms with Gasteiger partial charge in [-0.1, -0.05) is 5.92 Å². The molecule has 0 bridgehead atoms. The molecular weight excluding hydrogens is 154 g/mol. The molecule has 0 aliphatic heterocycles. The normalized spacial score (nSPS) is 10.6. The molecule has 4 heteroatoms. The van der Waals surface area contributed by atoms with Gasteiger partial charge < -0.3 is 5.11 Å². The van der Waals surface area contributed by atoms with E-state index in [1.54, 1.807) is 5.92 Å². The molecule has 0 fully saturated rings. The standard InChI is InChI=1S/C7H8F2O2/c1-7(2,6(8)9)4-3-5(10)11/h6H,1-2H3,(H,10,11). The minimum atomic E-state index is -2.63.